The fourth-order valence-corrected chi connectivity index (χ4v) is 0.898. The minimum absolute atomic E-state index is 0.0540. The van der Waals surface area contributed by atoms with E-state index in [4.69, 9.17) is 0 Å². The summed E-state index contributed by atoms with van der Waals surface area (Å²) in [6.45, 7) is 2.55. The van der Waals surface area contributed by atoms with E-state index in [0.29, 0.717) is 4.90 Å². The zero-order chi connectivity index (χ0) is 12.1. The van der Waals surface area contributed by atoms with E-state index < -0.39 is 18.6 Å². The van der Waals surface area contributed by atoms with Crippen molar-refractivity contribution in [3.63, 3.8) is 0 Å². The molecule has 0 saturated carbocycles. The van der Waals surface area contributed by atoms with Crippen molar-refractivity contribution < 1.29 is 18.0 Å². The first-order valence-corrected chi connectivity index (χ1v) is 4.80. The minimum atomic E-state index is -4.33. The van der Waals surface area contributed by atoms with Gasteiger partial charge in [-0.25, -0.2) is 0 Å². The lowest BCUT2D eigenvalue weighted by Crippen LogP contribution is -2.42. The highest BCUT2D eigenvalue weighted by molar-refractivity contribution is 5.78. The molecule has 0 aliphatic heterocycles. The largest absolute Gasteiger partial charge is 0.406 e. The Morgan fingerprint density at radius 3 is 2.40 bits per heavy atom. The molecule has 15 heavy (non-hydrogen) atoms. The Kier molecular flexibility index (Phi) is 5.64. The molecule has 1 N–H and O–H groups in total. The molecule has 0 heterocycles. The highest BCUT2D eigenvalue weighted by atomic mass is 19.4. The Morgan fingerprint density at radius 2 is 2.00 bits per heavy atom. The predicted octanol–water partition coefficient (Wildman–Crippen LogP) is 1.40. The number of hydrogen-bond acceptors (Lipinski definition) is 2. The summed E-state index contributed by atoms with van der Waals surface area (Å²) in [7, 11) is 1.15. The van der Waals surface area contributed by atoms with E-state index in [-0.39, 0.29) is 12.6 Å². The molecule has 0 spiro atoms. The lowest BCUT2D eigenvalue weighted by atomic mass is 10.2. The van der Waals surface area contributed by atoms with Gasteiger partial charge >= 0.3 is 6.18 Å². The van der Waals surface area contributed by atoms with Gasteiger partial charge in [0.05, 0.1) is 6.54 Å². The van der Waals surface area contributed by atoms with Gasteiger partial charge in [-0.1, -0.05) is 6.92 Å². The van der Waals surface area contributed by atoms with Crippen LogP contribution in [0.2, 0.25) is 0 Å². The van der Waals surface area contributed by atoms with Crippen LogP contribution in [0.4, 0.5) is 13.2 Å². The molecule has 0 aromatic carbocycles. The summed E-state index contributed by atoms with van der Waals surface area (Å²) < 4.78 is 35.8. The Morgan fingerprint density at radius 1 is 1.47 bits per heavy atom. The lowest BCUT2D eigenvalue weighted by molar-refractivity contribution is -0.157. The van der Waals surface area contributed by atoms with E-state index >= 15 is 0 Å². The second-order valence-electron chi connectivity index (χ2n) is 3.56. The molecule has 0 aromatic rings. The maximum Gasteiger partial charge on any atom is 0.406 e. The number of likely N-dealkylation sites (N-methyl/N-ethyl adjacent to an activating group) is 1. The van der Waals surface area contributed by atoms with Crippen LogP contribution in [-0.2, 0) is 4.79 Å². The summed E-state index contributed by atoms with van der Waals surface area (Å²) in [5.41, 5.74) is 0. The highest BCUT2D eigenvalue weighted by Gasteiger charge is 2.30. The molecule has 0 aliphatic rings. The van der Waals surface area contributed by atoms with Gasteiger partial charge in [0, 0.05) is 13.1 Å². The van der Waals surface area contributed by atoms with E-state index in [1.54, 1.807) is 0 Å². The maximum absolute atomic E-state index is 11.9. The SMILES string of the molecule is CCC(C)NCC(=O)N(C)CC(F)(F)F. The second-order valence-corrected chi connectivity index (χ2v) is 3.56. The van der Waals surface area contributed by atoms with E-state index in [2.05, 4.69) is 5.32 Å². The fraction of sp³-hybridized carbons (Fsp3) is 0.889. The van der Waals surface area contributed by atoms with Crippen molar-refractivity contribution in [2.75, 3.05) is 20.1 Å². The van der Waals surface area contributed by atoms with Gasteiger partial charge in [0.2, 0.25) is 5.91 Å². The Hall–Kier alpha value is -0.780. The molecule has 0 saturated heterocycles. The van der Waals surface area contributed by atoms with Crippen LogP contribution in [0.5, 0.6) is 0 Å². The van der Waals surface area contributed by atoms with Gasteiger partial charge in [-0.3, -0.25) is 4.79 Å². The zero-order valence-corrected chi connectivity index (χ0v) is 9.19. The van der Waals surface area contributed by atoms with Crippen molar-refractivity contribution in [2.24, 2.45) is 0 Å². The number of nitrogens with one attached hydrogen (secondary N) is 1. The number of nitrogens with zero attached hydrogens (tertiary/aromatic N) is 1. The molecule has 0 aliphatic carbocycles. The number of rotatable bonds is 5. The molecule has 0 rings (SSSR count). The van der Waals surface area contributed by atoms with Crippen molar-refractivity contribution in [2.45, 2.75) is 32.5 Å². The average molecular weight is 226 g/mol. The summed E-state index contributed by atoms with van der Waals surface area (Å²) in [4.78, 5) is 11.9. The van der Waals surface area contributed by atoms with Gasteiger partial charge in [-0.2, -0.15) is 13.2 Å². The molecule has 0 fully saturated rings. The van der Waals surface area contributed by atoms with E-state index in [1.165, 1.54) is 0 Å². The number of hydrogen-bond donors (Lipinski definition) is 1. The summed E-state index contributed by atoms with van der Waals surface area (Å²) in [5.74, 6) is -0.548. The van der Waals surface area contributed by atoms with Crippen LogP contribution in [-0.4, -0.2) is 43.2 Å². The number of halogens is 3. The molecule has 0 bridgehead atoms. The Balaban J connectivity index is 3.90. The van der Waals surface area contributed by atoms with E-state index in [1.807, 2.05) is 13.8 Å². The zero-order valence-electron chi connectivity index (χ0n) is 9.19. The van der Waals surface area contributed by atoms with Crippen molar-refractivity contribution in [3.05, 3.63) is 0 Å². The molecule has 1 unspecified atom stereocenters. The minimum Gasteiger partial charge on any atom is -0.336 e. The molecule has 0 aromatic heterocycles. The van der Waals surface area contributed by atoms with Gasteiger partial charge in [0.15, 0.2) is 0 Å². The summed E-state index contributed by atoms with van der Waals surface area (Å²) >= 11 is 0. The van der Waals surface area contributed by atoms with Gasteiger partial charge in [0.25, 0.3) is 0 Å². The summed E-state index contributed by atoms with van der Waals surface area (Å²) in [5, 5.41) is 2.84. The van der Waals surface area contributed by atoms with Crippen molar-refractivity contribution in [3.8, 4) is 0 Å². The standard InChI is InChI=1S/C9H17F3N2O/c1-4-7(2)13-5-8(15)14(3)6-9(10,11)12/h7,13H,4-6H2,1-3H3. The van der Waals surface area contributed by atoms with Crippen LogP contribution < -0.4 is 5.32 Å². The normalized spacial score (nSPS) is 13.7. The van der Waals surface area contributed by atoms with Crippen molar-refractivity contribution >= 4 is 5.91 Å². The Labute approximate surface area is 87.6 Å². The number of carbonyl (C=O) groups excluding carboxylic acids is 1. The molecule has 0 radical (unpaired) electrons. The first-order chi connectivity index (χ1) is 6.76. The summed E-state index contributed by atoms with van der Waals surface area (Å²) in [6.07, 6.45) is -3.50. The van der Waals surface area contributed by atoms with Crippen LogP contribution in [0.1, 0.15) is 20.3 Å². The smallest absolute Gasteiger partial charge is 0.336 e. The third kappa shape index (κ3) is 7.18. The van der Waals surface area contributed by atoms with Gasteiger partial charge in [0.1, 0.15) is 6.54 Å². The third-order valence-corrected chi connectivity index (χ3v) is 2.06. The Bertz CT molecular complexity index is 206. The number of carbonyl (C=O) groups is 1. The molecule has 1 atom stereocenters. The molecular weight excluding hydrogens is 209 g/mol. The van der Waals surface area contributed by atoms with Crippen molar-refractivity contribution in [1.29, 1.82) is 0 Å². The molecule has 90 valence electrons. The highest BCUT2D eigenvalue weighted by Crippen LogP contribution is 2.15. The molecule has 3 nitrogen and oxygen atoms in total. The quantitative estimate of drug-likeness (QED) is 0.768. The molecule has 1 amide bonds. The predicted molar refractivity (Wildman–Crippen MR) is 51.4 cm³/mol. The van der Waals surface area contributed by atoms with Gasteiger partial charge < -0.3 is 10.2 Å². The fourth-order valence-electron chi connectivity index (χ4n) is 0.898. The maximum atomic E-state index is 11.9. The number of alkyl halides is 3. The summed E-state index contributed by atoms with van der Waals surface area (Å²) in [6, 6.07) is 0.133. The van der Waals surface area contributed by atoms with Crippen LogP contribution in [0, 0.1) is 0 Å². The van der Waals surface area contributed by atoms with Gasteiger partial charge in [-0.15, -0.1) is 0 Å². The first-order valence-electron chi connectivity index (χ1n) is 4.80. The van der Waals surface area contributed by atoms with Gasteiger partial charge in [-0.05, 0) is 13.3 Å². The second kappa shape index (κ2) is 5.95. The van der Waals surface area contributed by atoms with Crippen molar-refractivity contribution in [1.82, 2.24) is 10.2 Å². The lowest BCUT2D eigenvalue weighted by Gasteiger charge is -2.20. The topological polar surface area (TPSA) is 32.3 Å². The van der Waals surface area contributed by atoms with Crippen LogP contribution in [0.15, 0.2) is 0 Å². The average Bonchev–Trinajstić information content (AvgIpc) is 2.10. The number of amides is 1. The van der Waals surface area contributed by atoms with E-state index in [9.17, 15) is 18.0 Å². The van der Waals surface area contributed by atoms with Crippen LogP contribution >= 0.6 is 0 Å². The van der Waals surface area contributed by atoms with E-state index in [0.717, 1.165) is 13.5 Å². The van der Waals surface area contributed by atoms with Crippen LogP contribution in [0.3, 0.4) is 0 Å². The van der Waals surface area contributed by atoms with Crippen LogP contribution in [0.25, 0.3) is 0 Å². The first kappa shape index (κ1) is 14.2. The third-order valence-electron chi connectivity index (χ3n) is 2.06. The molecular formula is C9H17F3N2O. The monoisotopic (exact) mass is 226 g/mol. The molecule has 6 heteroatoms.